The van der Waals surface area contributed by atoms with E-state index in [0.717, 1.165) is 5.56 Å². The van der Waals surface area contributed by atoms with Crippen molar-refractivity contribution in [2.45, 2.75) is 25.2 Å². The number of esters is 1. The second kappa shape index (κ2) is 6.38. The van der Waals surface area contributed by atoms with Gasteiger partial charge in [0.1, 0.15) is 12.6 Å². The number of methoxy groups -OCH3 is 1. The van der Waals surface area contributed by atoms with Crippen LogP contribution < -0.4 is 0 Å². The topological polar surface area (TPSA) is 76.1 Å². The number of nitrogens with zero attached hydrogens (tertiary/aromatic N) is 1. The summed E-state index contributed by atoms with van der Waals surface area (Å²) in [4.78, 5) is 24.8. The van der Waals surface area contributed by atoms with Crippen molar-refractivity contribution in [1.82, 2.24) is 4.90 Å². The van der Waals surface area contributed by atoms with Crippen LogP contribution in [0.5, 0.6) is 0 Å². The predicted molar refractivity (Wildman–Crippen MR) is 69.8 cm³/mol. The molecular weight excluding hydrogens is 262 g/mol. The van der Waals surface area contributed by atoms with Crippen LogP contribution >= 0.6 is 0 Å². The largest absolute Gasteiger partial charge is 0.467 e. The van der Waals surface area contributed by atoms with Crippen LogP contribution in [0.1, 0.15) is 12.0 Å². The van der Waals surface area contributed by atoms with Gasteiger partial charge < -0.3 is 14.6 Å². The molecule has 0 aliphatic carbocycles. The predicted octanol–water partition coefficient (Wildman–Crippen LogP) is 0.931. The molecule has 0 radical (unpaired) electrons. The van der Waals surface area contributed by atoms with Crippen LogP contribution in [0.4, 0.5) is 4.79 Å². The lowest BCUT2D eigenvalue weighted by Crippen LogP contribution is -2.41. The van der Waals surface area contributed by atoms with Gasteiger partial charge in [-0.25, -0.2) is 9.59 Å². The second-order valence-electron chi connectivity index (χ2n) is 4.62. The van der Waals surface area contributed by atoms with Crippen molar-refractivity contribution < 1.29 is 24.2 Å². The summed E-state index contributed by atoms with van der Waals surface area (Å²) in [5.74, 6) is -0.543. The molecule has 0 saturated carbocycles. The molecule has 1 amide bonds. The highest BCUT2D eigenvalue weighted by molar-refractivity contribution is 5.82. The highest BCUT2D eigenvalue weighted by Crippen LogP contribution is 2.20. The molecule has 1 heterocycles. The van der Waals surface area contributed by atoms with Crippen LogP contribution in [0.3, 0.4) is 0 Å². The van der Waals surface area contributed by atoms with E-state index in [1.54, 1.807) is 0 Å². The Bertz CT molecular complexity index is 476. The normalized spacial score (nSPS) is 21.6. The van der Waals surface area contributed by atoms with Crippen LogP contribution in [0, 0.1) is 0 Å². The summed E-state index contributed by atoms with van der Waals surface area (Å²) >= 11 is 0. The molecule has 1 aliphatic rings. The molecular formula is C14H17NO5. The zero-order valence-corrected chi connectivity index (χ0v) is 11.2. The Morgan fingerprint density at radius 3 is 2.70 bits per heavy atom. The fourth-order valence-corrected chi connectivity index (χ4v) is 2.18. The van der Waals surface area contributed by atoms with Crippen LogP contribution in [0.2, 0.25) is 0 Å². The van der Waals surface area contributed by atoms with E-state index >= 15 is 0 Å². The number of aliphatic hydroxyl groups is 1. The van der Waals surface area contributed by atoms with E-state index in [1.807, 2.05) is 30.3 Å². The zero-order valence-electron chi connectivity index (χ0n) is 11.2. The molecule has 2 atom stereocenters. The summed E-state index contributed by atoms with van der Waals surface area (Å²) in [7, 11) is 1.25. The van der Waals surface area contributed by atoms with Crippen LogP contribution in [0.25, 0.3) is 0 Å². The molecule has 2 rings (SSSR count). The Balaban J connectivity index is 1.95. The molecule has 1 aromatic rings. The number of carbonyl (C=O) groups is 2. The van der Waals surface area contributed by atoms with Gasteiger partial charge in [0.25, 0.3) is 0 Å². The van der Waals surface area contributed by atoms with Gasteiger partial charge in [0, 0.05) is 6.42 Å². The first-order valence-corrected chi connectivity index (χ1v) is 6.35. The van der Waals surface area contributed by atoms with Crippen LogP contribution in [0.15, 0.2) is 30.3 Å². The van der Waals surface area contributed by atoms with E-state index in [1.165, 1.54) is 12.0 Å². The summed E-state index contributed by atoms with van der Waals surface area (Å²) in [6.07, 6.45) is -1.18. The number of carbonyl (C=O) groups excluding carboxylic acids is 2. The van der Waals surface area contributed by atoms with Crippen molar-refractivity contribution in [3.05, 3.63) is 35.9 Å². The third-order valence-corrected chi connectivity index (χ3v) is 3.19. The molecule has 108 valence electrons. The number of benzene rings is 1. The van der Waals surface area contributed by atoms with Gasteiger partial charge in [-0.3, -0.25) is 4.90 Å². The minimum atomic E-state index is -0.779. The van der Waals surface area contributed by atoms with Crippen LogP contribution in [-0.4, -0.2) is 47.9 Å². The van der Waals surface area contributed by atoms with E-state index in [4.69, 9.17) is 4.74 Å². The van der Waals surface area contributed by atoms with Gasteiger partial charge >= 0.3 is 12.1 Å². The van der Waals surface area contributed by atoms with Gasteiger partial charge in [-0.1, -0.05) is 30.3 Å². The fraction of sp³-hybridized carbons (Fsp3) is 0.429. The van der Waals surface area contributed by atoms with E-state index in [2.05, 4.69) is 4.74 Å². The molecule has 1 aliphatic heterocycles. The van der Waals surface area contributed by atoms with E-state index in [9.17, 15) is 14.7 Å². The van der Waals surface area contributed by atoms with Crippen molar-refractivity contribution in [2.75, 3.05) is 13.7 Å². The standard InChI is InChI=1S/C14H17NO5/c1-19-13(17)12-7-11(16)8-15(12)14(18)20-9-10-5-3-2-4-6-10/h2-6,11-12,16H,7-9H2,1H3/t11-,12-/m0/s1. The summed E-state index contributed by atoms with van der Waals surface area (Å²) in [6.45, 7) is 0.202. The van der Waals surface area contributed by atoms with Crippen molar-refractivity contribution in [3.8, 4) is 0 Å². The van der Waals surface area contributed by atoms with E-state index in [-0.39, 0.29) is 19.6 Å². The van der Waals surface area contributed by atoms with Crippen molar-refractivity contribution in [2.24, 2.45) is 0 Å². The lowest BCUT2D eigenvalue weighted by Gasteiger charge is -2.21. The molecule has 0 unspecified atom stereocenters. The first-order valence-electron chi connectivity index (χ1n) is 6.35. The number of hydrogen-bond acceptors (Lipinski definition) is 5. The maximum atomic E-state index is 12.0. The Morgan fingerprint density at radius 1 is 1.35 bits per heavy atom. The second-order valence-corrected chi connectivity index (χ2v) is 4.62. The van der Waals surface area contributed by atoms with Gasteiger partial charge in [0.05, 0.1) is 19.8 Å². The Labute approximate surface area is 116 Å². The van der Waals surface area contributed by atoms with Crippen molar-refractivity contribution in [3.63, 3.8) is 0 Å². The Kier molecular flexibility index (Phi) is 4.57. The number of β-amino-alcohol motifs (C(OH)–C–C–N with tert-alkyl or cyclic N) is 1. The number of rotatable bonds is 3. The third kappa shape index (κ3) is 3.27. The number of likely N-dealkylation sites (tertiary alicyclic amines) is 1. The summed E-state index contributed by atoms with van der Waals surface area (Å²) in [6, 6.07) is 8.46. The molecule has 0 aromatic heterocycles. The van der Waals surface area contributed by atoms with Gasteiger partial charge in [-0.05, 0) is 5.56 Å². The third-order valence-electron chi connectivity index (χ3n) is 3.19. The van der Waals surface area contributed by atoms with Crippen molar-refractivity contribution in [1.29, 1.82) is 0 Å². The minimum Gasteiger partial charge on any atom is -0.467 e. The maximum absolute atomic E-state index is 12.0. The number of hydrogen-bond donors (Lipinski definition) is 1. The number of aliphatic hydroxyl groups excluding tert-OH is 1. The molecule has 6 nitrogen and oxygen atoms in total. The van der Waals surface area contributed by atoms with E-state index < -0.39 is 24.2 Å². The smallest absolute Gasteiger partial charge is 0.410 e. The quantitative estimate of drug-likeness (QED) is 0.833. The summed E-state index contributed by atoms with van der Waals surface area (Å²) < 4.78 is 9.78. The first kappa shape index (κ1) is 14.3. The highest BCUT2D eigenvalue weighted by Gasteiger charge is 2.40. The molecule has 1 saturated heterocycles. The molecule has 0 bridgehead atoms. The Hall–Kier alpha value is -2.08. The molecule has 1 fully saturated rings. The summed E-state index contributed by atoms with van der Waals surface area (Å²) in [5.41, 5.74) is 0.857. The monoisotopic (exact) mass is 279 g/mol. The van der Waals surface area contributed by atoms with Gasteiger partial charge in [0.15, 0.2) is 0 Å². The lowest BCUT2D eigenvalue weighted by molar-refractivity contribution is -0.145. The van der Waals surface area contributed by atoms with Gasteiger partial charge in [-0.2, -0.15) is 0 Å². The SMILES string of the molecule is COC(=O)[C@@H]1C[C@H](O)CN1C(=O)OCc1ccccc1. The fourth-order valence-electron chi connectivity index (χ4n) is 2.18. The lowest BCUT2D eigenvalue weighted by atomic mass is 10.2. The molecule has 1 N–H and O–H groups in total. The first-order chi connectivity index (χ1) is 9.61. The van der Waals surface area contributed by atoms with E-state index in [0.29, 0.717) is 0 Å². The van der Waals surface area contributed by atoms with Crippen molar-refractivity contribution >= 4 is 12.1 Å². The minimum absolute atomic E-state index is 0.0768. The summed E-state index contributed by atoms with van der Waals surface area (Å²) in [5, 5.41) is 9.59. The number of ether oxygens (including phenoxy) is 2. The maximum Gasteiger partial charge on any atom is 0.410 e. The highest BCUT2D eigenvalue weighted by atomic mass is 16.6. The van der Waals surface area contributed by atoms with Crippen LogP contribution in [-0.2, 0) is 20.9 Å². The van der Waals surface area contributed by atoms with Gasteiger partial charge in [-0.15, -0.1) is 0 Å². The molecule has 0 spiro atoms. The zero-order chi connectivity index (χ0) is 14.5. The molecule has 20 heavy (non-hydrogen) atoms. The Morgan fingerprint density at radius 2 is 2.05 bits per heavy atom. The number of amides is 1. The molecule has 6 heteroatoms. The van der Waals surface area contributed by atoms with Gasteiger partial charge in [0.2, 0.25) is 0 Å². The molecule has 1 aromatic carbocycles. The average Bonchev–Trinajstić information content (AvgIpc) is 2.87. The average molecular weight is 279 g/mol.